The van der Waals surface area contributed by atoms with Gasteiger partial charge in [-0.05, 0) is 31.4 Å². The van der Waals surface area contributed by atoms with Crippen molar-refractivity contribution in [1.82, 2.24) is 10.3 Å². The summed E-state index contributed by atoms with van der Waals surface area (Å²) in [5.74, 6) is 0.732. The molecule has 0 aromatic carbocycles. The summed E-state index contributed by atoms with van der Waals surface area (Å²) in [4.78, 5) is 16.7. The first-order chi connectivity index (χ1) is 10.2. The molecule has 0 spiro atoms. The topological polar surface area (TPSA) is 63.2 Å². The summed E-state index contributed by atoms with van der Waals surface area (Å²) in [6.45, 7) is 6.35. The highest BCUT2D eigenvalue weighted by atomic mass is 16.5. The number of carbonyl (C=O) groups is 1. The van der Waals surface area contributed by atoms with Crippen LogP contribution in [-0.4, -0.2) is 37.7 Å². The molecule has 0 saturated carbocycles. The fraction of sp³-hybridized carbons (Fsp3) is 0.625. The Morgan fingerprint density at radius 3 is 2.71 bits per heavy atom. The van der Waals surface area contributed by atoms with E-state index in [1.165, 1.54) is 0 Å². The number of hydrogen-bond acceptors (Lipinski definition) is 4. The molecule has 0 aliphatic heterocycles. The minimum Gasteiger partial charge on any atom is -0.385 e. The van der Waals surface area contributed by atoms with Crippen molar-refractivity contribution in [2.45, 2.75) is 39.5 Å². The first kappa shape index (κ1) is 17.4. The van der Waals surface area contributed by atoms with Gasteiger partial charge in [-0.25, -0.2) is 4.98 Å². The Kier molecular flexibility index (Phi) is 8.43. The number of rotatable bonds is 10. The van der Waals surface area contributed by atoms with E-state index in [9.17, 15) is 4.79 Å². The monoisotopic (exact) mass is 293 g/mol. The molecule has 1 aromatic heterocycles. The summed E-state index contributed by atoms with van der Waals surface area (Å²) in [7, 11) is 1.66. The number of nitrogens with one attached hydrogen (secondary N) is 2. The average molecular weight is 293 g/mol. The molecule has 0 bridgehead atoms. The smallest absolute Gasteiger partial charge is 0.251 e. The molecule has 0 saturated heterocycles. The van der Waals surface area contributed by atoms with Crippen LogP contribution in [0, 0.1) is 0 Å². The van der Waals surface area contributed by atoms with Crippen LogP contribution in [0.15, 0.2) is 12.1 Å². The van der Waals surface area contributed by atoms with Gasteiger partial charge in [-0.1, -0.05) is 20.3 Å². The SMILES string of the molecule is CCCNc1cc(C(=O)NCCCOC)cc(CCC)n1. The van der Waals surface area contributed by atoms with Gasteiger partial charge in [0, 0.05) is 38.1 Å². The second-order valence-corrected chi connectivity index (χ2v) is 5.01. The number of carbonyl (C=O) groups excluding carboxylic acids is 1. The van der Waals surface area contributed by atoms with Gasteiger partial charge in [-0.15, -0.1) is 0 Å². The van der Waals surface area contributed by atoms with Crippen molar-refractivity contribution in [2.75, 3.05) is 32.1 Å². The molecule has 0 aliphatic carbocycles. The molecule has 0 radical (unpaired) electrons. The Morgan fingerprint density at radius 1 is 1.24 bits per heavy atom. The lowest BCUT2D eigenvalue weighted by Gasteiger charge is -2.10. The number of aromatic nitrogens is 1. The number of anilines is 1. The Hall–Kier alpha value is -1.62. The molecular formula is C16H27N3O2. The number of ether oxygens (including phenoxy) is 1. The highest BCUT2D eigenvalue weighted by Crippen LogP contribution is 2.12. The molecule has 2 N–H and O–H groups in total. The van der Waals surface area contributed by atoms with E-state index in [0.29, 0.717) is 18.7 Å². The molecule has 0 atom stereocenters. The third-order valence-electron chi connectivity index (χ3n) is 3.01. The predicted octanol–water partition coefficient (Wildman–Crippen LogP) is 2.62. The van der Waals surface area contributed by atoms with Crippen molar-refractivity contribution in [3.8, 4) is 0 Å². The number of hydrogen-bond donors (Lipinski definition) is 2. The second kappa shape index (κ2) is 10.2. The zero-order chi connectivity index (χ0) is 15.5. The van der Waals surface area contributed by atoms with Crippen LogP contribution >= 0.6 is 0 Å². The Bertz CT molecular complexity index is 436. The van der Waals surface area contributed by atoms with Gasteiger partial charge in [0.25, 0.3) is 5.91 Å². The number of pyridine rings is 1. The summed E-state index contributed by atoms with van der Waals surface area (Å²) < 4.78 is 4.97. The molecular weight excluding hydrogens is 266 g/mol. The van der Waals surface area contributed by atoms with E-state index in [0.717, 1.165) is 43.7 Å². The van der Waals surface area contributed by atoms with Crippen molar-refractivity contribution in [2.24, 2.45) is 0 Å². The molecule has 0 fully saturated rings. The maximum Gasteiger partial charge on any atom is 0.251 e. The van der Waals surface area contributed by atoms with E-state index in [1.54, 1.807) is 7.11 Å². The standard InChI is InChI=1S/C16H27N3O2/c1-4-7-14-11-13(12-15(19-14)17-8-5-2)16(20)18-9-6-10-21-3/h11-12H,4-10H2,1-3H3,(H,17,19)(H,18,20). The van der Waals surface area contributed by atoms with Gasteiger partial charge in [0.2, 0.25) is 0 Å². The predicted molar refractivity (Wildman–Crippen MR) is 85.8 cm³/mol. The highest BCUT2D eigenvalue weighted by molar-refractivity contribution is 5.95. The van der Waals surface area contributed by atoms with Crippen LogP contribution in [0.4, 0.5) is 5.82 Å². The van der Waals surface area contributed by atoms with E-state index in [1.807, 2.05) is 12.1 Å². The van der Waals surface area contributed by atoms with Crippen LogP contribution in [0.3, 0.4) is 0 Å². The highest BCUT2D eigenvalue weighted by Gasteiger charge is 2.09. The Balaban J connectivity index is 2.73. The third-order valence-corrected chi connectivity index (χ3v) is 3.01. The lowest BCUT2D eigenvalue weighted by Crippen LogP contribution is -2.25. The summed E-state index contributed by atoms with van der Waals surface area (Å²) in [5.41, 5.74) is 1.63. The number of nitrogens with zero attached hydrogens (tertiary/aromatic N) is 1. The lowest BCUT2D eigenvalue weighted by atomic mass is 10.1. The van der Waals surface area contributed by atoms with E-state index in [4.69, 9.17) is 4.74 Å². The number of methoxy groups -OCH3 is 1. The summed E-state index contributed by atoms with van der Waals surface area (Å²) >= 11 is 0. The maximum absolute atomic E-state index is 12.2. The van der Waals surface area contributed by atoms with E-state index < -0.39 is 0 Å². The molecule has 118 valence electrons. The van der Waals surface area contributed by atoms with Gasteiger partial charge in [-0.2, -0.15) is 0 Å². The van der Waals surface area contributed by atoms with Crippen molar-refractivity contribution in [1.29, 1.82) is 0 Å². The first-order valence-corrected chi connectivity index (χ1v) is 7.73. The molecule has 21 heavy (non-hydrogen) atoms. The van der Waals surface area contributed by atoms with Crippen LogP contribution in [-0.2, 0) is 11.2 Å². The largest absolute Gasteiger partial charge is 0.385 e. The van der Waals surface area contributed by atoms with Crippen LogP contribution in [0.2, 0.25) is 0 Å². The van der Waals surface area contributed by atoms with Crippen LogP contribution in [0.1, 0.15) is 49.2 Å². The van der Waals surface area contributed by atoms with Gasteiger partial charge in [0.1, 0.15) is 5.82 Å². The van der Waals surface area contributed by atoms with Gasteiger partial charge in [0.05, 0.1) is 0 Å². The minimum absolute atomic E-state index is 0.0506. The Labute approximate surface area is 127 Å². The van der Waals surface area contributed by atoms with Crippen LogP contribution < -0.4 is 10.6 Å². The summed E-state index contributed by atoms with van der Waals surface area (Å²) in [6.07, 6.45) is 3.74. The van der Waals surface area contributed by atoms with Crippen molar-refractivity contribution in [3.05, 3.63) is 23.4 Å². The zero-order valence-corrected chi connectivity index (χ0v) is 13.4. The molecule has 1 amide bonds. The van der Waals surface area contributed by atoms with Crippen molar-refractivity contribution < 1.29 is 9.53 Å². The summed E-state index contributed by atoms with van der Waals surface area (Å²) in [5, 5.41) is 6.17. The zero-order valence-electron chi connectivity index (χ0n) is 13.4. The average Bonchev–Trinajstić information content (AvgIpc) is 2.49. The first-order valence-electron chi connectivity index (χ1n) is 7.73. The lowest BCUT2D eigenvalue weighted by molar-refractivity contribution is 0.0948. The fourth-order valence-corrected chi connectivity index (χ4v) is 1.97. The second-order valence-electron chi connectivity index (χ2n) is 5.01. The van der Waals surface area contributed by atoms with Gasteiger partial charge >= 0.3 is 0 Å². The van der Waals surface area contributed by atoms with Crippen molar-refractivity contribution >= 4 is 11.7 Å². The molecule has 5 heteroatoms. The van der Waals surface area contributed by atoms with E-state index >= 15 is 0 Å². The minimum atomic E-state index is -0.0506. The third kappa shape index (κ3) is 6.58. The van der Waals surface area contributed by atoms with Crippen LogP contribution in [0.5, 0.6) is 0 Å². The van der Waals surface area contributed by atoms with Crippen LogP contribution in [0.25, 0.3) is 0 Å². The summed E-state index contributed by atoms with van der Waals surface area (Å²) in [6, 6.07) is 3.70. The van der Waals surface area contributed by atoms with Gasteiger partial charge in [0.15, 0.2) is 0 Å². The molecule has 1 rings (SSSR count). The molecule has 0 unspecified atom stereocenters. The molecule has 1 aromatic rings. The van der Waals surface area contributed by atoms with Gasteiger partial charge < -0.3 is 15.4 Å². The number of aryl methyl sites for hydroxylation is 1. The maximum atomic E-state index is 12.2. The van der Waals surface area contributed by atoms with E-state index in [-0.39, 0.29) is 5.91 Å². The van der Waals surface area contributed by atoms with Crippen molar-refractivity contribution in [3.63, 3.8) is 0 Å². The van der Waals surface area contributed by atoms with Gasteiger partial charge in [-0.3, -0.25) is 4.79 Å². The fourth-order valence-electron chi connectivity index (χ4n) is 1.97. The number of amides is 1. The van der Waals surface area contributed by atoms with E-state index in [2.05, 4.69) is 29.5 Å². The molecule has 5 nitrogen and oxygen atoms in total. The molecule has 0 aliphatic rings. The Morgan fingerprint density at radius 2 is 2.05 bits per heavy atom. The quantitative estimate of drug-likeness (QED) is 0.651. The molecule has 1 heterocycles. The normalized spacial score (nSPS) is 10.4.